The van der Waals surface area contributed by atoms with Crippen molar-refractivity contribution in [2.45, 2.75) is 13.5 Å². The van der Waals surface area contributed by atoms with Crippen molar-refractivity contribution in [1.82, 2.24) is 4.57 Å². The molecule has 0 fully saturated rings. The topological polar surface area (TPSA) is 60.3 Å². The molecular formula is C15H14Cl2N2O3. The van der Waals surface area contributed by atoms with Crippen molar-refractivity contribution in [2.75, 3.05) is 12.4 Å². The minimum absolute atomic E-state index is 0.0292. The molecule has 1 aromatic heterocycles. The number of ether oxygens (including phenoxy) is 1. The number of nitrogens with one attached hydrogen (secondary N) is 1. The third kappa shape index (κ3) is 3.81. The number of halogens is 2. The predicted molar refractivity (Wildman–Crippen MR) is 87.1 cm³/mol. The number of hydrogen-bond donors (Lipinski definition) is 1. The molecule has 0 aliphatic heterocycles. The van der Waals surface area contributed by atoms with Gasteiger partial charge in [0.1, 0.15) is 6.54 Å². The van der Waals surface area contributed by atoms with Crippen LogP contribution in [0.5, 0.6) is 5.75 Å². The van der Waals surface area contributed by atoms with E-state index in [1.54, 1.807) is 29.7 Å². The second-order valence-electron chi connectivity index (χ2n) is 4.65. The predicted octanol–water partition coefficient (Wildman–Crippen LogP) is 3.11. The van der Waals surface area contributed by atoms with E-state index in [1.807, 2.05) is 0 Å². The zero-order chi connectivity index (χ0) is 16.3. The zero-order valence-corrected chi connectivity index (χ0v) is 13.5. The summed E-state index contributed by atoms with van der Waals surface area (Å²) < 4.78 is 6.60. The van der Waals surface area contributed by atoms with Crippen LogP contribution in [-0.2, 0) is 11.3 Å². The highest BCUT2D eigenvalue weighted by Gasteiger charge is 2.10. The van der Waals surface area contributed by atoms with Crippen molar-refractivity contribution in [2.24, 2.45) is 0 Å². The Morgan fingerprint density at radius 1 is 1.32 bits per heavy atom. The first-order valence-electron chi connectivity index (χ1n) is 6.40. The van der Waals surface area contributed by atoms with E-state index < -0.39 is 0 Å². The molecule has 0 spiro atoms. The number of anilines is 1. The van der Waals surface area contributed by atoms with Crippen LogP contribution in [0, 0.1) is 6.92 Å². The van der Waals surface area contributed by atoms with E-state index in [0.29, 0.717) is 21.4 Å². The highest BCUT2D eigenvalue weighted by Crippen LogP contribution is 2.25. The van der Waals surface area contributed by atoms with E-state index in [-0.39, 0.29) is 23.6 Å². The van der Waals surface area contributed by atoms with Gasteiger partial charge in [0.05, 0.1) is 24.0 Å². The van der Waals surface area contributed by atoms with E-state index in [9.17, 15) is 9.59 Å². The molecule has 0 saturated heterocycles. The highest BCUT2D eigenvalue weighted by molar-refractivity contribution is 6.36. The molecule has 0 aliphatic carbocycles. The summed E-state index contributed by atoms with van der Waals surface area (Å²) in [7, 11) is 1.41. The Kier molecular flexibility index (Phi) is 5.11. The quantitative estimate of drug-likeness (QED) is 0.930. The van der Waals surface area contributed by atoms with Crippen molar-refractivity contribution in [3.63, 3.8) is 0 Å². The zero-order valence-electron chi connectivity index (χ0n) is 12.0. The lowest BCUT2D eigenvalue weighted by Gasteiger charge is -2.13. The number of amides is 1. The highest BCUT2D eigenvalue weighted by atomic mass is 35.5. The number of nitrogens with zero attached hydrogens (tertiary/aromatic N) is 1. The van der Waals surface area contributed by atoms with Crippen molar-refractivity contribution >= 4 is 34.8 Å². The van der Waals surface area contributed by atoms with Crippen molar-refractivity contribution in [3.05, 3.63) is 56.4 Å². The summed E-state index contributed by atoms with van der Waals surface area (Å²) in [6, 6.07) is 6.23. The molecule has 1 heterocycles. The van der Waals surface area contributed by atoms with Crippen LogP contribution in [0.4, 0.5) is 5.69 Å². The maximum atomic E-state index is 12.1. The Balaban J connectivity index is 2.17. The molecule has 0 aliphatic rings. The van der Waals surface area contributed by atoms with Gasteiger partial charge in [-0.25, -0.2) is 0 Å². The van der Waals surface area contributed by atoms with Gasteiger partial charge in [0.2, 0.25) is 11.3 Å². The van der Waals surface area contributed by atoms with Gasteiger partial charge in [0.15, 0.2) is 5.75 Å². The lowest BCUT2D eigenvalue weighted by molar-refractivity contribution is -0.116. The fourth-order valence-electron chi connectivity index (χ4n) is 1.91. The van der Waals surface area contributed by atoms with E-state index >= 15 is 0 Å². The number of aromatic nitrogens is 1. The maximum absolute atomic E-state index is 12.1. The fraction of sp³-hybridized carbons (Fsp3) is 0.200. The van der Waals surface area contributed by atoms with Crippen molar-refractivity contribution in [3.8, 4) is 5.75 Å². The molecule has 0 saturated carbocycles. The Morgan fingerprint density at radius 2 is 2.05 bits per heavy atom. The molecule has 0 atom stereocenters. The molecule has 0 radical (unpaired) electrons. The van der Waals surface area contributed by atoms with Crippen LogP contribution in [0.1, 0.15) is 5.69 Å². The molecule has 1 aromatic carbocycles. The van der Waals surface area contributed by atoms with Gasteiger partial charge in [0.25, 0.3) is 0 Å². The molecule has 2 aromatic rings. The normalized spacial score (nSPS) is 10.4. The van der Waals surface area contributed by atoms with Crippen LogP contribution >= 0.6 is 23.2 Å². The monoisotopic (exact) mass is 340 g/mol. The van der Waals surface area contributed by atoms with Gasteiger partial charge in [-0.2, -0.15) is 0 Å². The number of carbonyl (C=O) groups excluding carboxylic acids is 1. The fourth-order valence-corrected chi connectivity index (χ4v) is 2.37. The van der Waals surface area contributed by atoms with Gasteiger partial charge >= 0.3 is 0 Å². The van der Waals surface area contributed by atoms with Gasteiger partial charge in [0, 0.05) is 16.8 Å². The van der Waals surface area contributed by atoms with Gasteiger partial charge in [-0.15, -0.1) is 0 Å². The number of benzene rings is 1. The molecule has 116 valence electrons. The Morgan fingerprint density at radius 3 is 2.68 bits per heavy atom. The molecule has 22 heavy (non-hydrogen) atoms. The maximum Gasteiger partial charge on any atom is 0.244 e. The molecular weight excluding hydrogens is 327 g/mol. The van der Waals surface area contributed by atoms with Crippen LogP contribution in [0.15, 0.2) is 35.3 Å². The van der Waals surface area contributed by atoms with Crippen LogP contribution in [0.25, 0.3) is 0 Å². The summed E-state index contributed by atoms with van der Waals surface area (Å²) >= 11 is 11.8. The molecule has 0 unspecified atom stereocenters. The number of aryl methyl sites for hydroxylation is 1. The standard InChI is InChI=1S/C15H14Cl2N2O3/c1-9-5-13(20)14(22-2)7-19(9)8-15(21)18-12-4-3-10(16)6-11(12)17/h3-7H,8H2,1-2H3,(H,18,21). The van der Waals surface area contributed by atoms with Gasteiger partial charge in [-0.1, -0.05) is 23.2 Å². The number of carbonyl (C=O) groups is 1. The minimum atomic E-state index is -0.280. The largest absolute Gasteiger partial charge is 0.491 e. The first-order chi connectivity index (χ1) is 10.4. The molecule has 7 heteroatoms. The number of methoxy groups -OCH3 is 1. The first-order valence-corrected chi connectivity index (χ1v) is 7.16. The Bertz CT molecular complexity index is 772. The van der Waals surface area contributed by atoms with Crippen molar-refractivity contribution < 1.29 is 9.53 Å². The summed E-state index contributed by atoms with van der Waals surface area (Å²) in [5.74, 6) is -0.0963. The first kappa shape index (κ1) is 16.4. The molecule has 5 nitrogen and oxygen atoms in total. The third-order valence-corrected chi connectivity index (χ3v) is 3.60. The van der Waals surface area contributed by atoms with Gasteiger partial charge in [-0.05, 0) is 25.1 Å². The Labute approximate surface area is 137 Å². The van der Waals surface area contributed by atoms with E-state index in [4.69, 9.17) is 27.9 Å². The van der Waals surface area contributed by atoms with E-state index in [2.05, 4.69) is 5.32 Å². The smallest absolute Gasteiger partial charge is 0.244 e. The summed E-state index contributed by atoms with van der Waals surface area (Å²) in [6.07, 6.45) is 1.50. The average molecular weight is 341 g/mol. The second-order valence-corrected chi connectivity index (χ2v) is 5.49. The average Bonchev–Trinajstić information content (AvgIpc) is 2.45. The Hall–Kier alpha value is -1.98. The summed E-state index contributed by atoms with van der Waals surface area (Å²) in [5.41, 5.74) is 0.905. The molecule has 2 rings (SSSR count). The summed E-state index contributed by atoms with van der Waals surface area (Å²) in [6.45, 7) is 1.77. The van der Waals surface area contributed by atoms with Crippen LogP contribution in [0.2, 0.25) is 10.0 Å². The van der Waals surface area contributed by atoms with E-state index in [1.165, 1.54) is 19.4 Å². The van der Waals surface area contributed by atoms with E-state index in [0.717, 1.165) is 0 Å². The van der Waals surface area contributed by atoms with Crippen LogP contribution in [0.3, 0.4) is 0 Å². The summed E-state index contributed by atoms with van der Waals surface area (Å²) in [5, 5.41) is 3.54. The number of hydrogen-bond acceptors (Lipinski definition) is 3. The lowest BCUT2D eigenvalue weighted by Crippen LogP contribution is -2.22. The third-order valence-electron chi connectivity index (χ3n) is 3.05. The second kappa shape index (κ2) is 6.85. The lowest BCUT2D eigenvalue weighted by atomic mass is 10.3. The number of pyridine rings is 1. The van der Waals surface area contributed by atoms with Crippen LogP contribution < -0.4 is 15.5 Å². The number of rotatable bonds is 4. The SMILES string of the molecule is COc1cn(CC(=O)Nc2ccc(Cl)cc2Cl)c(C)cc1=O. The van der Waals surface area contributed by atoms with Crippen LogP contribution in [-0.4, -0.2) is 17.6 Å². The molecule has 1 N–H and O–H groups in total. The van der Waals surface area contributed by atoms with Gasteiger partial charge < -0.3 is 14.6 Å². The van der Waals surface area contributed by atoms with Crippen molar-refractivity contribution in [1.29, 1.82) is 0 Å². The van der Waals surface area contributed by atoms with Gasteiger partial charge in [-0.3, -0.25) is 9.59 Å². The minimum Gasteiger partial charge on any atom is -0.491 e. The summed E-state index contributed by atoms with van der Waals surface area (Å²) in [4.78, 5) is 23.7. The molecule has 1 amide bonds. The molecule has 0 bridgehead atoms.